The lowest BCUT2D eigenvalue weighted by Crippen LogP contribution is -2.34. The van der Waals surface area contributed by atoms with E-state index in [9.17, 15) is 23.6 Å². The number of nitrogens with one attached hydrogen (secondary N) is 3. The fourth-order valence-electron chi connectivity index (χ4n) is 4.00. The lowest BCUT2D eigenvalue weighted by atomic mass is 9.88. The van der Waals surface area contributed by atoms with E-state index in [1.807, 2.05) is 0 Å². The van der Waals surface area contributed by atoms with Gasteiger partial charge in [0.1, 0.15) is 12.4 Å². The van der Waals surface area contributed by atoms with Gasteiger partial charge < -0.3 is 10.6 Å². The first-order valence-electron chi connectivity index (χ1n) is 10.5. The van der Waals surface area contributed by atoms with Crippen molar-refractivity contribution in [2.45, 2.75) is 38.6 Å². The molecule has 1 saturated carbocycles. The van der Waals surface area contributed by atoms with Crippen LogP contribution >= 0.6 is 0 Å². The number of carbonyl (C=O) groups is 2. The molecule has 4 rings (SSSR count). The molecule has 1 heterocycles. The second kappa shape index (κ2) is 9.17. The summed E-state index contributed by atoms with van der Waals surface area (Å²) in [6, 6.07) is 10.2. The molecule has 1 aliphatic rings. The largest absolute Gasteiger partial charge is 0.324 e. The lowest BCUT2D eigenvalue weighted by Gasteiger charge is -2.21. The van der Waals surface area contributed by atoms with Gasteiger partial charge in [-0.1, -0.05) is 31.4 Å². The second-order valence-electron chi connectivity index (χ2n) is 7.94. The molecule has 32 heavy (non-hydrogen) atoms. The Morgan fingerprint density at radius 2 is 1.72 bits per heavy atom. The number of fused-ring (bicyclic) bond motifs is 1. The molecule has 1 aliphatic carbocycles. The molecule has 0 unspecified atom stereocenters. The van der Waals surface area contributed by atoms with E-state index in [0.29, 0.717) is 0 Å². The van der Waals surface area contributed by atoms with Crippen LogP contribution in [0.3, 0.4) is 0 Å². The number of amides is 2. The Balaban J connectivity index is 1.48. The van der Waals surface area contributed by atoms with Gasteiger partial charge in [-0.15, -0.1) is 0 Å². The van der Waals surface area contributed by atoms with Crippen molar-refractivity contribution in [1.82, 2.24) is 9.78 Å². The Kier molecular flexibility index (Phi) is 6.16. The van der Waals surface area contributed by atoms with Crippen molar-refractivity contribution in [1.29, 1.82) is 0 Å². The van der Waals surface area contributed by atoms with Gasteiger partial charge in [-0.05, 0) is 43.2 Å². The van der Waals surface area contributed by atoms with Crippen LogP contribution in [-0.4, -0.2) is 21.6 Å². The highest BCUT2D eigenvalue weighted by molar-refractivity contribution is 5.95. The molecular formula is C23H23FN4O4. The number of halogens is 1. The molecule has 1 aromatic heterocycles. The molecule has 3 N–H and O–H groups in total. The smallest absolute Gasteiger partial charge is 0.273 e. The highest BCUT2D eigenvalue weighted by Gasteiger charge is 2.22. The van der Waals surface area contributed by atoms with Gasteiger partial charge >= 0.3 is 0 Å². The molecule has 166 valence electrons. The number of hydrogen-bond acceptors (Lipinski definition) is 4. The van der Waals surface area contributed by atoms with Gasteiger partial charge in [0, 0.05) is 11.6 Å². The first-order valence-corrected chi connectivity index (χ1v) is 10.5. The average molecular weight is 438 g/mol. The Morgan fingerprint density at radius 1 is 1.00 bits per heavy atom. The summed E-state index contributed by atoms with van der Waals surface area (Å²) in [6.07, 6.45) is 4.62. The number of nitrogens with zero attached hydrogens (tertiary/aromatic N) is 1. The van der Waals surface area contributed by atoms with E-state index >= 15 is 0 Å². The average Bonchev–Trinajstić information content (AvgIpc) is 2.80. The van der Waals surface area contributed by atoms with Crippen molar-refractivity contribution in [3.63, 3.8) is 0 Å². The third kappa shape index (κ3) is 4.61. The van der Waals surface area contributed by atoms with E-state index in [1.54, 1.807) is 12.1 Å². The van der Waals surface area contributed by atoms with Gasteiger partial charge in [0.25, 0.3) is 11.1 Å². The Labute approximate surface area is 182 Å². The zero-order valence-corrected chi connectivity index (χ0v) is 17.3. The standard InChI is InChI=1S/C23H23FN4O4/c24-18-11-10-15(12-19(18)26-21(30)14-6-2-1-3-7-14)25-20(29)13-28-23(32)17-9-5-4-8-16(17)22(31)27-28/h4-5,8-12,14H,1-3,6-7,13H2,(H,25,29)(H,26,30)(H,27,31). The molecule has 0 radical (unpaired) electrons. The summed E-state index contributed by atoms with van der Waals surface area (Å²) in [5.74, 6) is -1.57. The maximum atomic E-state index is 14.2. The molecule has 0 saturated heterocycles. The van der Waals surface area contributed by atoms with Crippen LogP contribution < -0.4 is 21.8 Å². The number of benzene rings is 2. The minimum Gasteiger partial charge on any atom is -0.324 e. The number of hydrogen-bond donors (Lipinski definition) is 3. The number of carbonyl (C=O) groups excluding carboxylic acids is 2. The van der Waals surface area contributed by atoms with Crippen molar-refractivity contribution < 1.29 is 14.0 Å². The molecule has 0 atom stereocenters. The molecule has 2 aromatic carbocycles. The zero-order valence-electron chi connectivity index (χ0n) is 17.3. The summed E-state index contributed by atoms with van der Waals surface area (Å²) in [4.78, 5) is 49.6. The first-order chi connectivity index (χ1) is 15.4. The van der Waals surface area contributed by atoms with E-state index in [2.05, 4.69) is 15.7 Å². The van der Waals surface area contributed by atoms with Crippen molar-refractivity contribution in [2.75, 3.05) is 10.6 Å². The highest BCUT2D eigenvalue weighted by Crippen LogP contribution is 2.26. The maximum absolute atomic E-state index is 14.2. The normalized spacial score (nSPS) is 14.3. The van der Waals surface area contributed by atoms with Crippen LogP contribution in [0.4, 0.5) is 15.8 Å². The van der Waals surface area contributed by atoms with Crippen LogP contribution in [0.25, 0.3) is 10.8 Å². The summed E-state index contributed by atoms with van der Waals surface area (Å²) in [5.41, 5.74) is -0.751. The lowest BCUT2D eigenvalue weighted by molar-refractivity contribution is -0.120. The Morgan fingerprint density at radius 3 is 2.47 bits per heavy atom. The molecule has 2 amide bonds. The summed E-state index contributed by atoms with van der Waals surface area (Å²) in [7, 11) is 0. The fourth-order valence-corrected chi connectivity index (χ4v) is 4.00. The van der Waals surface area contributed by atoms with Crippen LogP contribution in [0.5, 0.6) is 0 Å². The highest BCUT2D eigenvalue weighted by atomic mass is 19.1. The number of aromatic amines is 1. The van der Waals surface area contributed by atoms with Crippen LogP contribution in [0, 0.1) is 11.7 Å². The second-order valence-corrected chi connectivity index (χ2v) is 7.94. The van der Waals surface area contributed by atoms with E-state index in [-0.39, 0.29) is 34.0 Å². The van der Waals surface area contributed by atoms with Gasteiger partial charge in [0.2, 0.25) is 11.8 Å². The summed E-state index contributed by atoms with van der Waals surface area (Å²) < 4.78 is 15.1. The summed E-state index contributed by atoms with van der Waals surface area (Å²) in [5, 5.41) is 8.02. The number of aromatic nitrogens is 2. The maximum Gasteiger partial charge on any atom is 0.273 e. The number of H-pyrrole nitrogens is 1. The summed E-state index contributed by atoms with van der Waals surface area (Å²) >= 11 is 0. The van der Waals surface area contributed by atoms with Crippen LogP contribution in [0.1, 0.15) is 32.1 Å². The molecule has 8 nitrogen and oxygen atoms in total. The van der Waals surface area contributed by atoms with Gasteiger partial charge in [-0.3, -0.25) is 24.3 Å². The fraction of sp³-hybridized carbons (Fsp3) is 0.304. The quantitative estimate of drug-likeness (QED) is 0.568. The third-order valence-electron chi connectivity index (χ3n) is 5.67. The monoisotopic (exact) mass is 438 g/mol. The molecule has 9 heteroatoms. The predicted molar refractivity (Wildman–Crippen MR) is 119 cm³/mol. The van der Waals surface area contributed by atoms with Gasteiger partial charge in [0.05, 0.1) is 16.5 Å². The van der Waals surface area contributed by atoms with Crippen molar-refractivity contribution in [3.8, 4) is 0 Å². The van der Waals surface area contributed by atoms with Crippen LogP contribution in [0.15, 0.2) is 52.1 Å². The zero-order chi connectivity index (χ0) is 22.7. The van der Waals surface area contributed by atoms with Crippen LogP contribution in [-0.2, 0) is 16.1 Å². The Hall–Kier alpha value is -3.75. The van der Waals surface area contributed by atoms with Crippen molar-refractivity contribution in [2.24, 2.45) is 5.92 Å². The van der Waals surface area contributed by atoms with E-state index < -0.39 is 29.4 Å². The molecule has 0 aliphatic heterocycles. The number of rotatable bonds is 5. The first kappa shape index (κ1) is 21.5. The minimum atomic E-state index is -0.609. The summed E-state index contributed by atoms with van der Waals surface area (Å²) in [6.45, 7) is -0.431. The van der Waals surface area contributed by atoms with Crippen molar-refractivity contribution in [3.05, 3.63) is 69.0 Å². The van der Waals surface area contributed by atoms with E-state index in [4.69, 9.17) is 0 Å². The topological polar surface area (TPSA) is 113 Å². The Bertz CT molecular complexity index is 1290. The molecule has 0 bridgehead atoms. The molecule has 3 aromatic rings. The minimum absolute atomic E-state index is 0.0188. The molecule has 0 spiro atoms. The van der Waals surface area contributed by atoms with Gasteiger partial charge in [-0.2, -0.15) is 0 Å². The van der Waals surface area contributed by atoms with E-state index in [1.165, 1.54) is 24.3 Å². The third-order valence-corrected chi connectivity index (χ3v) is 5.67. The number of anilines is 2. The SMILES string of the molecule is O=C(Cn1[nH]c(=O)c2ccccc2c1=O)Nc1ccc(F)c(NC(=O)C2CCCCC2)c1. The van der Waals surface area contributed by atoms with Crippen LogP contribution in [0.2, 0.25) is 0 Å². The van der Waals surface area contributed by atoms with Crippen molar-refractivity contribution >= 4 is 34.0 Å². The van der Waals surface area contributed by atoms with Gasteiger partial charge in [-0.25, -0.2) is 9.07 Å². The molecular weight excluding hydrogens is 415 g/mol. The van der Waals surface area contributed by atoms with Gasteiger partial charge in [0.15, 0.2) is 0 Å². The molecule has 1 fully saturated rings. The predicted octanol–water partition coefficient (Wildman–Crippen LogP) is 2.99. The van der Waals surface area contributed by atoms with E-state index in [0.717, 1.165) is 42.9 Å².